The first-order chi connectivity index (χ1) is 12.5. The highest BCUT2D eigenvalue weighted by molar-refractivity contribution is 9.10. The van der Waals surface area contributed by atoms with Crippen molar-refractivity contribution in [3.8, 4) is 11.1 Å². The second kappa shape index (κ2) is 6.34. The minimum Gasteiger partial charge on any atom is -0.478 e. The summed E-state index contributed by atoms with van der Waals surface area (Å²) in [7, 11) is -0.919. The molecule has 0 aromatic heterocycles. The number of hydrogen-bond acceptors (Lipinski definition) is 2. The zero-order chi connectivity index (χ0) is 18.4. The molecule has 4 rings (SSSR count). The van der Waals surface area contributed by atoms with E-state index >= 15 is 0 Å². The highest BCUT2D eigenvalue weighted by Gasteiger charge is 2.28. The SMILES string of the molecule is C[Si]1c2ccccc2-c2ccc(C(=O)c3cc(Br)ccc3C(=O)O)cc21. The van der Waals surface area contributed by atoms with Gasteiger partial charge in [-0.3, -0.25) is 4.79 Å². The quantitative estimate of drug-likeness (QED) is 0.519. The van der Waals surface area contributed by atoms with Crippen LogP contribution in [-0.2, 0) is 0 Å². The molecule has 1 radical (unpaired) electrons. The van der Waals surface area contributed by atoms with Gasteiger partial charge in [-0.2, -0.15) is 0 Å². The Bertz CT molecular complexity index is 1070. The van der Waals surface area contributed by atoms with E-state index in [2.05, 4.69) is 34.6 Å². The number of carboxylic acid groups (broad SMARTS) is 1. The summed E-state index contributed by atoms with van der Waals surface area (Å²) in [5.41, 5.74) is 3.17. The first-order valence-electron chi connectivity index (χ1n) is 8.12. The van der Waals surface area contributed by atoms with Crippen LogP contribution in [0.3, 0.4) is 0 Å². The molecular weight excluding hydrogens is 408 g/mol. The third-order valence-corrected chi connectivity index (χ3v) is 7.72. The molecule has 127 valence electrons. The lowest BCUT2D eigenvalue weighted by molar-refractivity contribution is 0.0693. The smallest absolute Gasteiger partial charge is 0.336 e. The molecule has 26 heavy (non-hydrogen) atoms. The first kappa shape index (κ1) is 16.9. The number of halogens is 1. The van der Waals surface area contributed by atoms with Crippen LogP contribution in [0.5, 0.6) is 0 Å². The van der Waals surface area contributed by atoms with Gasteiger partial charge in [0.2, 0.25) is 0 Å². The summed E-state index contributed by atoms with van der Waals surface area (Å²) >= 11 is 3.32. The fourth-order valence-corrected chi connectivity index (χ4v) is 6.08. The zero-order valence-corrected chi connectivity index (χ0v) is 16.5. The van der Waals surface area contributed by atoms with Gasteiger partial charge in [0, 0.05) is 15.6 Å². The van der Waals surface area contributed by atoms with Crippen LogP contribution >= 0.6 is 15.9 Å². The van der Waals surface area contributed by atoms with Crippen LogP contribution in [0, 0.1) is 0 Å². The van der Waals surface area contributed by atoms with Gasteiger partial charge in [0.25, 0.3) is 0 Å². The highest BCUT2D eigenvalue weighted by atomic mass is 79.9. The Kier molecular flexibility index (Phi) is 4.13. The monoisotopic (exact) mass is 421 g/mol. The minimum absolute atomic E-state index is 0.0176. The minimum atomic E-state index is -1.10. The number of carbonyl (C=O) groups excluding carboxylic acids is 1. The molecule has 1 aliphatic heterocycles. The van der Waals surface area contributed by atoms with Gasteiger partial charge in [0.15, 0.2) is 5.78 Å². The fraction of sp³-hybridized carbons (Fsp3) is 0.0476. The molecule has 0 fully saturated rings. The first-order valence-corrected chi connectivity index (χ1v) is 10.9. The molecule has 5 heteroatoms. The Morgan fingerprint density at radius 1 is 0.885 bits per heavy atom. The van der Waals surface area contributed by atoms with Crippen molar-refractivity contribution in [1.82, 2.24) is 0 Å². The fourth-order valence-electron chi connectivity index (χ4n) is 3.47. The molecule has 3 aromatic rings. The predicted molar refractivity (Wildman–Crippen MR) is 107 cm³/mol. The number of carbonyl (C=O) groups is 2. The van der Waals surface area contributed by atoms with Crippen LogP contribution < -0.4 is 10.4 Å². The van der Waals surface area contributed by atoms with Crippen LogP contribution in [-0.4, -0.2) is 25.7 Å². The predicted octanol–water partition coefficient (Wildman–Crippen LogP) is 3.60. The molecule has 1 N–H and O–H groups in total. The van der Waals surface area contributed by atoms with Crippen molar-refractivity contribution in [3.63, 3.8) is 0 Å². The second-order valence-corrected chi connectivity index (χ2v) is 9.50. The molecule has 3 aromatic carbocycles. The standard InChI is InChI=1S/C21H14BrO3Si/c1-26-18-5-3-2-4-14(18)15-8-6-12(10-19(15)26)20(23)17-11-13(22)7-9-16(17)21(24)25/h2-11H,1H3,(H,24,25). The number of rotatable bonds is 3. The van der Waals surface area contributed by atoms with Gasteiger partial charge in [-0.1, -0.05) is 64.9 Å². The van der Waals surface area contributed by atoms with Gasteiger partial charge in [0.1, 0.15) is 8.80 Å². The summed E-state index contributed by atoms with van der Waals surface area (Å²) in [5.74, 6) is -1.37. The lowest BCUT2D eigenvalue weighted by Crippen LogP contribution is -2.34. The van der Waals surface area contributed by atoms with Crippen LogP contribution in [0.2, 0.25) is 6.55 Å². The van der Waals surface area contributed by atoms with Gasteiger partial charge in [0.05, 0.1) is 5.56 Å². The molecule has 0 bridgehead atoms. The Hall–Kier alpha value is -2.50. The van der Waals surface area contributed by atoms with E-state index in [9.17, 15) is 14.7 Å². The second-order valence-electron chi connectivity index (χ2n) is 6.26. The Labute approximate surface area is 161 Å². The maximum Gasteiger partial charge on any atom is 0.336 e. The van der Waals surface area contributed by atoms with Gasteiger partial charge in [-0.15, -0.1) is 0 Å². The van der Waals surface area contributed by atoms with Crippen LogP contribution in [0.15, 0.2) is 65.1 Å². The average molecular weight is 422 g/mol. The summed E-state index contributed by atoms with van der Waals surface area (Å²) in [6, 6.07) is 18.7. The molecule has 3 nitrogen and oxygen atoms in total. The van der Waals surface area contributed by atoms with E-state index in [-0.39, 0.29) is 16.9 Å². The Balaban J connectivity index is 1.81. The summed E-state index contributed by atoms with van der Waals surface area (Å²) in [6.45, 7) is 2.23. The summed E-state index contributed by atoms with van der Waals surface area (Å²) < 4.78 is 0.680. The van der Waals surface area contributed by atoms with Gasteiger partial charge >= 0.3 is 5.97 Å². The lowest BCUT2D eigenvalue weighted by Gasteiger charge is -2.09. The Morgan fingerprint density at radius 2 is 1.62 bits per heavy atom. The van der Waals surface area contributed by atoms with Crippen LogP contribution in [0.4, 0.5) is 0 Å². The van der Waals surface area contributed by atoms with Crippen molar-refractivity contribution in [1.29, 1.82) is 0 Å². The number of aromatic carboxylic acids is 1. The van der Waals surface area contributed by atoms with Crippen molar-refractivity contribution in [3.05, 3.63) is 81.8 Å². The lowest BCUT2D eigenvalue weighted by atomic mass is 9.96. The normalized spacial score (nSPS) is 12.5. The van der Waals surface area contributed by atoms with E-state index in [4.69, 9.17) is 0 Å². The molecule has 0 saturated carbocycles. The summed E-state index contributed by atoms with van der Waals surface area (Å²) in [4.78, 5) is 24.5. The number of fused-ring (bicyclic) bond motifs is 3. The van der Waals surface area contributed by atoms with Crippen molar-refractivity contribution in [2.45, 2.75) is 6.55 Å². The third-order valence-electron chi connectivity index (χ3n) is 4.76. The van der Waals surface area contributed by atoms with E-state index in [0.717, 1.165) is 0 Å². The van der Waals surface area contributed by atoms with Crippen LogP contribution in [0.25, 0.3) is 11.1 Å². The molecule has 0 amide bonds. The van der Waals surface area contributed by atoms with Gasteiger partial charge < -0.3 is 5.11 Å². The molecular formula is C21H14BrO3Si. The van der Waals surface area contributed by atoms with Crippen LogP contribution in [0.1, 0.15) is 26.3 Å². The van der Waals surface area contributed by atoms with Crippen molar-refractivity contribution in [2.24, 2.45) is 0 Å². The third kappa shape index (κ3) is 2.64. The largest absolute Gasteiger partial charge is 0.478 e. The Morgan fingerprint density at radius 3 is 2.38 bits per heavy atom. The molecule has 1 heterocycles. The van der Waals surface area contributed by atoms with Gasteiger partial charge in [-0.25, -0.2) is 4.79 Å². The van der Waals surface area contributed by atoms with E-state index in [1.807, 2.05) is 24.3 Å². The van der Waals surface area contributed by atoms with E-state index in [1.165, 1.54) is 27.6 Å². The molecule has 0 saturated heterocycles. The van der Waals surface area contributed by atoms with E-state index < -0.39 is 14.8 Å². The van der Waals surface area contributed by atoms with Crippen molar-refractivity contribution in [2.75, 3.05) is 0 Å². The zero-order valence-electron chi connectivity index (χ0n) is 13.9. The molecule has 0 aliphatic carbocycles. The van der Waals surface area contributed by atoms with E-state index in [1.54, 1.807) is 18.2 Å². The summed E-state index contributed by atoms with van der Waals surface area (Å²) in [5, 5.41) is 12.0. The summed E-state index contributed by atoms with van der Waals surface area (Å²) in [6.07, 6.45) is 0. The molecule has 0 unspecified atom stereocenters. The topological polar surface area (TPSA) is 54.4 Å². The van der Waals surface area contributed by atoms with Crippen molar-refractivity contribution >= 4 is 46.9 Å². The number of hydrogen-bond donors (Lipinski definition) is 1. The molecule has 0 atom stereocenters. The van der Waals surface area contributed by atoms with E-state index in [0.29, 0.717) is 10.0 Å². The number of carboxylic acids is 1. The maximum atomic E-state index is 13.0. The molecule has 1 aliphatic rings. The average Bonchev–Trinajstić information content (AvgIpc) is 2.93. The van der Waals surface area contributed by atoms with Crippen molar-refractivity contribution < 1.29 is 14.7 Å². The maximum absolute atomic E-state index is 13.0. The van der Waals surface area contributed by atoms with Gasteiger partial charge in [-0.05, 0) is 39.7 Å². The number of benzene rings is 3. The highest BCUT2D eigenvalue weighted by Crippen LogP contribution is 2.25. The number of ketones is 1. The molecule has 0 spiro atoms.